The maximum Gasteiger partial charge on any atom is 0.276 e. The molecule has 3 fully saturated rings. The number of ketones is 1. The predicted octanol–water partition coefficient (Wildman–Crippen LogP) is 2.88. The molecule has 1 saturated carbocycles. The van der Waals surface area contributed by atoms with Crippen LogP contribution in [-0.4, -0.2) is 59.4 Å². The number of carbonyl (C=O) groups excluding carboxylic acids is 3. The Bertz CT molecular complexity index is 1330. The summed E-state index contributed by atoms with van der Waals surface area (Å²) in [5.41, 5.74) is 1.06. The third-order valence-electron chi connectivity index (χ3n) is 8.09. The maximum absolute atomic E-state index is 14.1. The van der Waals surface area contributed by atoms with E-state index in [2.05, 4.69) is 5.32 Å². The zero-order valence-electron chi connectivity index (χ0n) is 21.3. The molecule has 2 unspecified atom stereocenters. The number of piperazine rings is 1. The zero-order valence-corrected chi connectivity index (χ0v) is 21.3. The summed E-state index contributed by atoms with van der Waals surface area (Å²) in [6.45, 7) is 0.694. The number of hydrogen-bond acceptors (Lipinski definition) is 6. The fourth-order valence-corrected chi connectivity index (χ4v) is 6.09. The number of hydrogen-bond donors (Lipinski definition) is 1. The van der Waals surface area contributed by atoms with Crippen LogP contribution in [0.4, 0.5) is 8.78 Å². The van der Waals surface area contributed by atoms with E-state index < -0.39 is 35.5 Å². The quantitative estimate of drug-likeness (QED) is 0.571. The van der Waals surface area contributed by atoms with Crippen molar-refractivity contribution in [1.29, 1.82) is 0 Å². The first-order valence-corrected chi connectivity index (χ1v) is 13.3. The lowest BCUT2D eigenvalue weighted by atomic mass is 9.91. The Balaban J connectivity index is 1.28. The number of nitrogens with one attached hydrogen (secondary N) is 1. The Labute approximate surface area is 224 Å². The van der Waals surface area contributed by atoms with Gasteiger partial charge in [-0.3, -0.25) is 14.4 Å². The summed E-state index contributed by atoms with van der Waals surface area (Å²) < 4.78 is 39.5. The van der Waals surface area contributed by atoms with Gasteiger partial charge in [0.15, 0.2) is 12.0 Å². The molecule has 6 rings (SSSR count). The first-order chi connectivity index (χ1) is 18.9. The molecule has 0 spiro atoms. The molecular weight excluding hydrogens is 508 g/mol. The lowest BCUT2D eigenvalue weighted by Gasteiger charge is -2.51. The van der Waals surface area contributed by atoms with Gasteiger partial charge in [-0.15, -0.1) is 0 Å². The van der Waals surface area contributed by atoms with Crippen molar-refractivity contribution in [2.45, 2.75) is 44.7 Å². The molecule has 2 amide bonds. The van der Waals surface area contributed by atoms with Gasteiger partial charge in [-0.1, -0.05) is 42.8 Å². The number of benzene rings is 2. The summed E-state index contributed by atoms with van der Waals surface area (Å²) >= 11 is 0. The lowest BCUT2D eigenvalue weighted by molar-refractivity contribution is -0.185. The van der Waals surface area contributed by atoms with Crippen LogP contribution in [0.2, 0.25) is 0 Å². The van der Waals surface area contributed by atoms with Gasteiger partial charge in [0.05, 0.1) is 13.2 Å². The highest BCUT2D eigenvalue weighted by molar-refractivity contribution is 6.14. The largest absolute Gasteiger partial charge is 0.483 e. The molecule has 0 radical (unpaired) electrons. The van der Waals surface area contributed by atoms with Crippen LogP contribution in [0, 0.1) is 23.5 Å². The third kappa shape index (κ3) is 4.78. The molecule has 3 heterocycles. The summed E-state index contributed by atoms with van der Waals surface area (Å²) in [6.07, 6.45) is 2.44. The van der Waals surface area contributed by atoms with Crippen molar-refractivity contribution in [3.63, 3.8) is 0 Å². The van der Waals surface area contributed by atoms with Crippen LogP contribution in [0.15, 0.2) is 60.0 Å². The maximum atomic E-state index is 14.1. The number of fused-ring (bicyclic) bond motifs is 4. The Morgan fingerprint density at radius 3 is 2.69 bits per heavy atom. The molecule has 8 nitrogen and oxygen atoms in total. The van der Waals surface area contributed by atoms with Gasteiger partial charge >= 0.3 is 0 Å². The normalized spacial score (nSPS) is 26.2. The van der Waals surface area contributed by atoms with Gasteiger partial charge in [0.25, 0.3) is 5.91 Å². The average Bonchev–Trinajstić information content (AvgIpc) is 3.41. The van der Waals surface area contributed by atoms with E-state index in [9.17, 15) is 23.2 Å². The molecule has 204 valence electrons. The van der Waals surface area contributed by atoms with Crippen LogP contribution in [0.3, 0.4) is 0 Å². The SMILES string of the molecule is O=C(NCc1ccc(F)cc1F)C1CN2CC3OC[C@@H]4CCC[C@@H]4N3C(=O)C2=C(OCc2ccccc2)C1=O. The Hall–Kier alpha value is -3.79. The van der Waals surface area contributed by atoms with Gasteiger partial charge in [0.1, 0.15) is 29.9 Å². The van der Waals surface area contributed by atoms with Crippen LogP contribution in [-0.2, 0) is 37.0 Å². The van der Waals surface area contributed by atoms with Gasteiger partial charge in [0, 0.05) is 36.7 Å². The highest BCUT2D eigenvalue weighted by atomic mass is 19.1. The first kappa shape index (κ1) is 25.5. The van der Waals surface area contributed by atoms with Crippen molar-refractivity contribution in [2.75, 3.05) is 19.7 Å². The number of Topliss-reactive ketones (excluding diaryl/α,β-unsaturated/α-hetero) is 1. The number of ether oxygens (including phenoxy) is 2. The minimum atomic E-state index is -1.18. The first-order valence-electron chi connectivity index (χ1n) is 13.3. The molecule has 1 aliphatic carbocycles. The highest BCUT2D eigenvalue weighted by Crippen LogP contribution is 2.40. The van der Waals surface area contributed by atoms with Crippen molar-refractivity contribution >= 4 is 17.6 Å². The van der Waals surface area contributed by atoms with E-state index >= 15 is 0 Å². The number of carbonyl (C=O) groups is 3. The molecular formula is C29H29F2N3O5. The van der Waals surface area contributed by atoms with E-state index in [-0.39, 0.29) is 54.6 Å². The Morgan fingerprint density at radius 1 is 1.08 bits per heavy atom. The Morgan fingerprint density at radius 2 is 1.90 bits per heavy atom. The van der Waals surface area contributed by atoms with Crippen LogP contribution in [0.1, 0.15) is 30.4 Å². The fraction of sp³-hybridized carbons (Fsp3) is 0.414. The topological polar surface area (TPSA) is 88.2 Å². The second kappa shape index (κ2) is 10.4. The van der Waals surface area contributed by atoms with Crippen molar-refractivity contribution in [3.05, 3.63) is 82.7 Å². The zero-order chi connectivity index (χ0) is 27.1. The molecule has 10 heteroatoms. The molecule has 4 aliphatic rings. The predicted molar refractivity (Wildman–Crippen MR) is 134 cm³/mol. The van der Waals surface area contributed by atoms with Crippen molar-refractivity contribution in [2.24, 2.45) is 11.8 Å². The minimum absolute atomic E-state index is 0.0301. The third-order valence-corrected chi connectivity index (χ3v) is 8.09. The summed E-state index contributed by atoms with van der Waals surface area (Å²) in [4.78, 5) is 44.3. The monoisotopic (exact) mass is 537 g/mol. The van der Waals surface area contributed by atoms with Crippen molar-refractivity contribution < 1.29 is 32.6 Å². The fourth-order valence-electron chi connectivity index (χ4n) is 6.09. The number of halogens is 2. The standard InChI is InChI=1S/C29H29F2N3O5/c30-20-10-9-18(22(31)11-20)12-32-28(36)21-13-33-14-24-34(23-8-4-7-19(23)16-38-24)29(37)25(33)27(26(21)35)39-15-17-5-2-1-3-6-17/h1-3,5-6,9-11,19,21,23-24H,4,7-8,12-16H2,(H,32,36)/t19-,21?,23-,24?/m0/s1. The molecule has 2 saturated heterocycles. The molecule has 1 N–H and O–H groups in total. The molecule has 4 atom stereocenters. The second-order valence-electron chi connectivity index (χ2n) is 10.5. The van der Waals surface area contributed by atoms with Crippen LogP contribution in [0.5, 0.6) is 0 Å². The van der Waals surface area contributed by atoms with E-state index in [1.54, 1.807) is 9.80 Å². The van der Waals surface area contributed by atoms with Gasteiger partial charge < -0.3 is 24.6 Å². The molecule has 3 aliphatic heterocycles. The van der Waals surface area contributed by atoms with Crippen LogP contribution in [0.25, 0.3) is 0 Å². The van der Waals surface area contributed by atoms with E-state index in [1.807, 2.05) is 30.3 Å². The average molecular weight is 538 g/mol. The van der Waals surface area contributed by atoms with E-state index in [0.717, 1.165) is 37.0 Å². The summed E-state index contributed by atoms with van der Waals surface area (Å²) in [7, 11) is 0. The van der Waals surface area contributed by atoms with Gasteiger partial charge in [-0.05, 0) is 24.5 Å². The molecule has 39 heavy (non-hydrogen) atoms. The van der Waals surface area contributed by atoms with Crippen molar-refractivity contribution in [3.8, 4) is 0 Å². The van der Waals surface area contributed by atoms with E-state index in [0.29, 0.717) is 13.2 Å². The van der Waals surface area contributed by atoms with Gasteiger partial charge in [-0.25, -0.2) is 8.78 Å². The van der Waals surface area contributed by atoms with E-state index in [1.165, 1.54) is 6.07 Å². The molecule has 0 aromatic heterocycles. The summed E-state index contributed by atoms with van der Waals surface area (Å²) in [6, 6.07) is 12.4. The van der Waals surface area contributed by atoms with Gasteiger partial charge in [-0.2, -0.15) is 0 Å². The number of allylic oxidation sites excluding steroid dienone is 1. The molecule has 2 aromatic rings. The lowest BCUT2D eigenvalue weighted by Crippen LogP contribution is -2.65. The second-order valence-corrected chi connectivity index (χ2v) is 10.5. The minimum Gasteiger partial charge on any atom is -0.483 e. The number of nitrogens with zero attached hydrogens (tertiary/aromatic N) is 2. The number of rotatable bonds is 6. The van der Waals surface area contributed by atoms with Crippen LogP contribution < -0.4 is 5.32 Å². The highest BCUT2D eigenvalue weighted by Gasteiger charge is 2.52. The van der Waals surface area contributed by atoms with E-state index in [4.69, 9.17) is 9.47 Å². The van der Waals surface area contributed by atoms with Crippen molar-refractivity contribution in [1.82, 2.24) is 15.1 Å². The molecule has 2 aromatic carbocycles. The number of amides is 2. The molecule has 0 bridgehead atoms. The van der Waals surface area contributed by atoms with Gasteiger partial charge in [0.2, 0.25) is 11.7 Å². The smallest absolute Gasteiger partial charge is 0.276 e. The summed E-state index contributed by atoms with van der Waals surface area (Å²) in [5.74, 6) is -4.09. The summed E-state index contributed by atoms with van der Waals surface area (Å²) in [5, 5.41) is 2.59. The van der Waals surface area contributed by atoms with Crippen LogP contribution >= 0.6 is 0 Å². The Kier molecular flexibility index (Phi) is 6.80.